The van der Waals surface area contributed by atoms with Gasteiger partial charge in [-0.05, 0) is 41.3 Å². The maximum absolute atomic E-state index is 13.4. The Morgan fingerprint density at radius 2 is 1.88 bits per heavy atom. The lowest BCUT2D eigenvalue weighted by Gasteiger charge is -2.23. The van der Waals surface area contributed by atoms with Crippen LogP contribution in [-0.4, -0.2) is 56.7 Å². The molecule has 0 radical (unpaired) electrons. The Kier molecular flexibility index (Phi) is 5.89. The van der Waals surface area contributed by atoms with Gasteiger partial charge in [-0.1, -0.05) is 29.4 Å². The summed E-state index contributed by atoms with van der Waals surface area (Å²) in [6.45, 7) is 0.197. The van der Waals surface area contributed by atoms with Crippen molar-refractivity contribution >= 4 is 29.4 Å². The van der Waals surface area contributed by atoms with Crippen molar-refractivity contribution in [2.45, 2.75) is 18.3 Å². The van der Waals surface area contributed by atoms with Crippen molar-refractivity contribution in [3.63, 3.8) is 0 Å². The average Bonchev–Trinajstić information content (AvgIpc) is 3.55. The fraction of sp³-hybridized carbons (Fsp3) is 0.208. The van der Waals surface area contributed by atoms with E-state index < -0.39 is 11.3 Å². The van der Waals surface area contributed by atoms with E-state index in [1.807, 2.05) is 41.8 Å². The van der Waals surface area contributed by atoms with Crippen molar-refractivity contribution in [3.8, 4) is 22.9 Å². The van der Waals surface area contributed by atoms with Gasteiger partial charge in [-0.15, -0.1) is 11.8 Å². The molecule has 10 heteroatoms. The first-order chi connectivity index (χ1) is 16.6. The lowest BCUT2D eigenvalue weighted by Crippen LogP contribution is -2.54. The molecule has 1 unspecified atom stereocenters. The molecule has 0 fully saturated rings. The summed E-state index contributed by atoms with van der Waals surface area (Å²) >= 11 is 1.37. The van der Waals surface area contributed by atoms with E-state index in [1.165, 1.54) is 21.2 Å². The van der Waals surface area contributed by atoms with Crippen molar-refractivity contribution in [2.75, 3.05) is 14.2 Å². The summed E-state index contributed by atoms with van der Waals surface area (Å²) in [7, 11) is 3.16. The molecule has 0 bridgehead atoms. The third-order valence-electron chi connectivity index (χ3n) is 5.59. The number of aromatic nitrogens is 2. The number of imide groups is 1. The number of urea groups is 1. The summed E-state index contributed by atoms with van der Waals surface area (Å²) < 4.78 is 17.5. The van der Waals surface area contributed by atoms with E-state index in [9.17, 15) is 9.59 Å². The van der Waals surface area contributed by atoms with Gasteiger partial charge in [0.25, 0.3) is 5.89 Å². The van der Waals surface area contributed by atoms with Crippen LogP contribution >= 0.6 is 11.8 Å². The number of hydrogen-bond acceptors (Lipinski definition) is 8. The predicted molar refractivity (Wildman–Crippen MR) is 125 cm³/mol. The molecule has 2 aliphatic rings. The Morgan fingerprint density at radius 1 is 1.09 bits per heavy atom. The summed E-state index contributed by atoms with van der Waals surface area (Å²) in [4.78, 5) is 32.3. The third kappa shape index (κ3) is 3.96. The number of ether oxygens (including phenoxy) is 2. The van der Waals surface area contributed by atoms with Crippen molar-refractivity contribution in [3.05, 3.63) is 71.5 Å². The summed E-state index contributed by atoms with van der Waals surface area (Å²) in [5, 5.41) is 5.39. The van der Waals surface area contributed by atoms with Gasteiger partial charge in [-0.25, -0.2) is 4.79 Å². The fourth-order valence-corrected chi connectivity index (χ4v) is 4.83. The van der Waals surface area contributed by atoms with Crippen LogP contribution in [0.15, 0.2) is 64.5 Å². The predicted octanol–water partition coefficient (Wildman–Crippen LogP) is 3.50. The second-order valence-corrected chi connectivity index (χ2v) is 8.61. The highest BCUT2D eigenvalue weighted by Gasteiger charge is 2.49. The van der Waals surface area contributed by atoms with Crippen LogP contribution in [0.4, 0.5) is 4.79 Å². The zero-order chi connectivity index (χ0) is 23.7. The van der Waals surface area contributed by atoms with Gasteiger partial charge in [0, 0.05) is 0 Å². The highest BCUT2D eigenvalue weighted by molar-refractivity contribution is 8.04. The molecule has 3 heterocycles. The monoisotopic (exact) mass is 477 g/mol. The topological polar surface area (TPSA) is 97.8 Å². The van der Waals surface area contributed by atoms with Crippen LogP contribution in [0.25, 0.3) is 11.4 Å². The Balaban J connectivity index is 1.43. The molecule has 0 aliphatic carbocycles. The molecular formula is C24H21N4O5S+. The van der Waals surface area contributed by atoms with Gasteiger partial charge in [0.15, 0.2) is 11.8 Å². The van der Waals surface area contributed by atoms with Gasteiger partial charge in [0.1, 0.15) is 23.8 Å². The van der Waals surface area contributed by atoms with Crippen LogP contribution in [0, 0.1) is 0 Å². The standard InChI is InChI=1S/C24H21N4O5S/c1-31-16-9-7-15(8-10-16)13-28-23(29)21-18(11-12-34-21)27(24(28)30)14-20-25-22(26-33-20)17-5-3-4-6-19(17)32-2/h3-12,21H,13-14H2,1-2H3/q+1. The maximum atomic E-state index is 13.4. The number of allylic oxidation sites excluding steroid dienone is 1. The molecule has 5 rings (SSSR count). The summed E-state index contributed by atoms with van der Waals surface area (Å²) in [5.41, 5.74) is 2.12. The summed E-state index contributed by atoms with van der Waals surface area (Å²) in [5.74, 6) is 1.69. The number of carbonyl (C=O) groups excluding carboxylic acids is 2. The number of nitrogens with zero attached hydrogens (tertiary/aromatic N) is 4. The first-order valence-corrected chi connectivity index (χ1v) is 11.4. The smallest absolute Gasteiger partial charge is 0.497 e. The fourth-order valence-electron chi connectivity index (χ4n) is 3.86. The van der Waals surface area contributed by atoms with Gasteiger partial charge in [-0.2, -0.15) is 19.3 Å². The van der Waals surface area contributed by atoms with Crippen molar-refractivity contribution in [1.29, 1.82) is 0 Å². The number of rotatable bonds is 7. The molecule has 34 heavy (non-hydrogen) atoms. The normalized spacial score (nSPS) is 17.4. The lowest BCUT2D eigenvalue weighted by atomic mass is 10.1. The molecule has 0 spiro atoms. The Bertz CT molecular complexity index is 1310. The van der Waals surface area contributed by atoms with Crippen molar-refractivity contribution < 1.29 is 28.2 Å². The van der Waals surface area contributed by atoms with E-state index in [1.54, 1.807) is 32.4 Å². The molecule has 2 aliphatic heterocycles. The van der Waals surface area contributed by atoms with Crippen molar-refractivity contribution in [1.82, 2.24) is 15.0 Å². The average molecular weight is 478 g/mol. The van der Waals surface area contributed by atoms with Crippen LogP contribution in [0.2, 0.25) is 0 Å². The minimum atomic E-state index is -0.493. The Morgan fingerprint density at radius 3 is 2.65 bits per heavy atom. The molecule has 1 aromatic heterocycles. The quantitative estimate of drug-likeness (QED) is 0.477. The van der Waals surface area contributed by atoms with Crippen molar-refractivity contribution in [2.24, 2.45) is 0 Å². The number of thioether (sulfide) groups is 1. The number of hydrogen-bond donors (Lipinski definition) is 0. The molecule has 0 saturated heterocycles. The molecule has 0 saturated carbocycles. The van der Waals surface area contributed by atoms with E-state index in [4.69, 9.17) is 14.0 Å². The molecule has 0 N–H and O–H groups in total. The van der Waals surface area contributed by atoms with E-state index in [2.05, 4.69) is 10.1 Å². The number of carbonyl (C=O) groups is 2. The van der Waals surface area contributed by atoms with Gasteiger partial charge >= 0.3 is 11.9 Å². The van der Waals surface area contributed by atoms with E-state index in [0.717, 1.165) is 5.56 Å². The number of benzene rings is 2. The van der Waals surface area contributed by atoms with Crippen LogP contribution < -0.4 is 9.47 Å². The molecule has 172 valence electrons. The lowest BCUT2D eigenvalue weighted by molar-refractivity contribution is -0.458. The Labute approximate surface area is 199 Å². The minimum Gasteiger partial charge on any atom is -0.497 e. The zero-order valence-corrected chi connectivity index (χ0v) is 19.3. The first kappa shape index (κ1) is 21.9. The molecule has 9 nitrogen and oxygen atoms in total. The molecule has 3 aromatic rings. The minimum absolute atomic E-state index is 0.0457. The highest BCUT2D eigenvalue weighted by Crippen LogP contribution is 2.30. The summed E-state index contributed by atoms with van der Waals surface area (Å²) in [6.07, 6.45) is 1.79. The summed E-state index contributed by atoms with van der Waals surface area (Å²) in [6, 6.07) is 14.2. The van der Waals surface area contributed by atoms with Gasteiger partial charge in [0.05, 0.1) is 19.8 Å². The van der Waals surface area contributed by atoms with E-state index in [-0.39, 0.29) is 24.9 Å². The van der Waals surface area contributed by atoms with E-state index in [0.29, 0.717) is 28.6 Å². The molecule has 1 atom stereocenters. The number of para-hydroxylation sites is 1. The zero-order valence-electron chi connectivity index (χ0n) is 18.5. The second kappa shape index (κ2) is 9.14. The van der Waals surface area contributed by atoms with Crippen LogP contribution in [0.5, 0.6) is 11.5 Å². The number of methoxy groups -OCH3 is 2. The van der Waals surface area contributed by atoms with Crippen LogP contribution in [-0.2, 0) is 17.9 Å². The number of amides is 3. The van der Waals surface area contributed by atoms with Gasteiger partial charge in [-0.3, -0.25) is 0 Å². The molecule has 3 amide bonds. The Hall–Kier alpha value is -3.92. The van der Waals surface area contributed by atoms with Gasteiger partial charge in [0.2, 0.25) is 5.82 Å². The van der Waals surface area contributed by atoms with Crippen LogP contribution in [0.3, 0.4) is 0 Å². The molecule has 2 aromatic carbocycles. The highest BCUT2D eigenvalue weighted by atomic mass is 32.2. The third-order valence-corrected chi connectivity index (χ3v) is 6.60. The largest absolute Gasteiger partial charge is 0.501 e. The maximum Gasteiger partial charge on any atom is 0.501 e. The van der Waals surface area contributed by atoms with E-state index >= 15 is 0 Å². The molecular weight excluding hydrogens is 456 g/mol. The van der Waals surface area contributed by atoms with Crippen LogP contribution in [0.1, 0.15) is 11.5 Å². The second-order valence-electron chi connectivity index (χ2n) is 7.60. The van der Waals surface area contributed by atoms with Gasteiger partial charge < -0.3 is 14.0 Å². The SMILES string of the molecule is COc1ccc(CN2C(=O)C3SC=CC3=[N+](Cc3nc(-c4ccccc4OC)no3)C2=O)cc1. The number of fused-ring (bicyclic) bond motifs is 1. The first-order valence-electron chi connectivity index (χ1n) is 10.5.